The number of hydrogen-bond donors (Lipinski definition) is 1. The molecule has 17 heavy (non-hydrogen) atoms. The fourth-order valence-corrected chi connectivity index (χ4v) is 2.03. The Morgan fingerprint density at radius 2 is 2.29 bits per heavy atom. The van der Waals surface area contributed by atoms with Gasteiger partial charge in [-0.1, -0.05) is 0 Å². The zero-order chi connectivity index (χ0) is 11.5. The Hall–Kier alpha value is -1.46. The number of hydrogen-bond acceptors (Lipinski definition) is 5. The summed E-state index contributed by atoms with van der Waals surface area (Å²) in [4.78, 5) is 8.40. The van der Waals surface area contributed by atoms with E-state index in [1.807, 2.05) is 12.1 Å². The molecule has 1 aliphatic heterocycles. The smallest absolute Gasteiger partial charge is 0.223 e. The van der Waals surface area contributed by atoms with Crippen molar-refractivity contribution < 1.29 is 9.15 Å². The first kappa shape index (κ1) is 10.7. The van der Waals surface area contributed by atoms with Crippen molar-refractivity contribution >= 4 is 11.2 Å². The molecule has 0 aromatic carbocycles. The lowest BCUT2D eigenvalue weighted by Gasteiger charge is -2.22. The lowest BCUT2D eigenvalue weighted by Crippen LogP contribution is -2.32. The molecule has 2 aromatic rings. The van der Waals surface area contributed by atoms with Gasteiger partial charge in [-0.25, -0.2) is 4.98 Å². The molecule has 0 radical (unpaired) electrons. The number of nitrogens with zero attached hydrogens (tertiary/aromatic N) is 2. The van der Waals surface area contributed by atoms with Crippen LogP contribution in [0.2, 0.25) is 0 Å². The van der Waals surface area contributed by atoms with E-state index < -0.39 is 0 Å². The van der Waals surface area contributed by atoms with Gasteiger partial charge in [0.25, 0.3) is 0 Å². The summed E-state index contributed by atoms with van der Waals surface area (Å²) in [7, 11) is 0. The zero-order valence-electron chi connectivity index (χ0n) is 9.56. The second kappa shape index (κ2) is 4.81. The lowest BCUT2D eigenvalue weighted by atomic mass is 10.1. The van der Waals surface area contributed by atoms with Crippen LogP contribution in [-0.4, -0.2) is 29.2 Å². The molecule has 3 heterocycles. The maximum atomic E-state index is 5.77. The fourth-order valence-electron chi connectivity index (χ4n) is 2.03. The predicted octanol–water partition coefficient (Wildman–Crippen LogP) is 1.49. The molecule has 5 heteroatoms. The molecule has 0 bridgehead atoms. The SMILES string of the molecule is c1cnc2nc(COC3CCNCC3)oc2c1. The van der Waals surface area contributed by atoms with Crippen LogP contribution in [0.15, 0.2) is 22.7 Å². The van der Waals surface area contributed by atoms with Gasteiger partial charge >= 0.3 is 0 Å². The predicted molar refractivity (Wildman–Crippen MR) is 62.5 cm³/mol. The van der Waals surface area contributed by atoms with E-state index in [-0.39, 0.29) is 0 Å². The lowest BCUT2D eigenvalue weighted by molar-refractivity contribution is 0.0113. The third-order valence-corrected chi connectivity index (χ3v) is 2.94. The van der Waals surface area contributed by atoms with Gasteiger partial charge in [0.15, 0.2) is 11.2 Å². The normalized spacial score (nSPS) is 17.6. The topological polar surface area (TPSA) is 60.2 Å². The Bertz CT molecular complexity index is 458. The van der Waals surface area contributed by atoms with Gasteiger partial charge in [0.05, 0.1) is 6.10 Å². The van der Waals surface area contributed by atoms with Crippen molar-refractivity contribution in [3.8, 4) is 0 Å². The molecule has 0 saturated carbocycles. The van der Waals surface area contributed by atoms with Crippen LogP contribution in [0.25, 0.3) is 11.2 Å². The van der Waals surface area contributed by atoms with Gasteiger partial charge in [-0.2, -0.15) is 4.98 Å². The molecule has 1 N–H and O–H groups in total. The van der Waals surface area contributed by atoms with Gasteiger partial charge in [0.1, 0.15) is 6.61 Å². The molecule has 1 saturated heterocycles. The van der Waals surface area contributed by atoms with Crippen LogP contribution in [0, 0.1) is 0 Å². The van der Waals surface area contributed by atoms with E-state index in [4.69, 9.17) is 9.15 Å². The molecular formula is C12H15N3O2. The zero-order valence-corrected chi connectivity index (χ0v) is 9.56. The van der Waals surface area contributed by atoms with Crippen LogP contribution in [0.4, 0.5) is 0 Å². The minimum absolute atomic E-state index is 0.319. The van der Waals surface area contributed by atoms with Gasteiger partial charge in [0, 0.05) is 6.20 Å². The molecular weight excluding hydrogens is 218 g/mol. The largest absolute Gasteiger partial charge is 0.436 e. The van der Waals surface area contributed by atoms with Crippen molar-refractivity contribution in [1.82, 2.24) is 15.3 Å². The summed E-state index contributed by atoms with van der Waals surface area (Å²) >= 11 is 0. The van der Waals surface area contributed by atoms with Gasteiger partial charge in [-0.05, 0) is 38.1 Å². The van der Waals surface area contributed by atoms with E-state index in [9.17, 15) is 0 Å². The summed E-state index contributed by atoms with van der Waals surface area (Å²) in [6, 6.07) is 3.70. The average molecular weight is 233 g/mol. The van der Waals surface area contributed by atoms with E-state index in [2.05, 4.69) is 15.3 Å². The second-order valence-electron chi connectivity index (χ2n) is 4.19. The van der Waals surface area contributed by atoms with Gasteiger partial charge in [-0.15, -0.1) is 0 Å². The number of rotatable bonds is 3. The van der Waals surface area contributed by atoms with Crippen LogP contribution < -0.4 is 5.32 Å². The Morgan fingerprint density at radius 3 is 3.12 bits per heavy atom. The van der Waals surface area contributed by atoms with Crippen LogP contribution in [0.1, 0.15) is 18.7 Å². The van der Waals surface area contributed by atoms with E-state index in [1.54, 1.807) is 6.20 Å². The molecule has 0 atom stereocenters. The van der Waals surface area contributed by atoms with Crippen molar-refractivity contribution in [2.24, 2.45) is 0 Å². The molecule has 3 rings (SSSR count). The van der Waals surface area contributed by atoms with Crippen molar-refractivity contribution in [1.29, 1.82) is 0 Å². The van der Waals surface area contributed by atoms with Crippen LogP contribution >= 0.6 is 0 Å². The summed E-state index contributed by atoms with van der Waals surface area (Å²) in [5.41, 5.74) is 1.37. The molecule has 5 nitrogen and oxygen atoms in total. The fraction of sp³-hybridized carbons (Fsp3) is 0.500. The molecule has 0 aliphatic carbocycles. The molecule has 1 fully saturated rings. The highest BCUT2D eigenvalue weighted by atomic mass is 16.5. The van der Waals surface area contributed by atoms with E-state index in [0.29, 0.717) is 24.2 Å². The minimum Gasteiger partial charge on any atom is -0.436 e. The molecule has 0 amide bonds. The molecule has 0 spiro atoms. The Balaban J connectivity index is 1.64. The van der Waals surface area contributed by atoms with Crippen LogP contribution in [0.3, 0.4) is 0 Å². The molecule has 2 aromatic heterocycles. The summed E-state index contributed by atoms with van der Waals surface area (Å²) < 4.78 is 11.3. The van der Waals surface area contributed by atoms with Crippen molar-refractivity contribution in [2.75, 3.05) is 13.1 Å². The number of aromatic nitrogens is 2. The van der Waals surface area contributed by atoms with Crippen LogP contribution in [0.5, 0.6) is 0 Å². The van der Waals surface area contributed by atoms with Gasteiger partial charge < -0.3 is 14.5 Å². The Labute approximate surface area is 99.2 Å². The quantitative estimate of drug-likeness (QED) is 0.870. The first-order valence-corrected chi connectivity index (χ1v) is 5.94. The highest BCUT2D eigenvalue weighted by Crippen LogP contribution is 2.15. The van der Waals surface area contributed by atoms with Crippen molar-refractivity contribution in [3.63, 3.8) is 0 Å². The Kier molecular flexibility index (Phi) is 3.02. The number of pyridine rings is 1. The van der Waals surface area contributed by atoms with Gasteiger partial charge in [0.2, 0.25) is 5.89 Å². The average Bonchev–Trinajstić information content (AvgIpc) is 2.80. The minimum atomic E-state index is 0.319. The standard InChI is InChI=1S/C12H15N3O2/c1-2-10-12(14-5-1)15-11(17-10)8-16-9-3-6-13-7-4-9/h1-2,5,9,13H,3-4,6-8H2. The molecule has 90 valence electrons. The third-order valence-electron chi connectivity index (χ3n) is 2.94. The number of nitrogens with one attached hydrogen (secondary N) is 1. The number of ether oxygens (including phenoxy) is 1. The third kappa shape index (κ3) is 2.45. The number of oxazole rings is 1. The van der Waals surface area contributed by atoms with Crippen molar-refractivity contribution in [2.45, 2.75) is 25.6 Å². The highest BCUT2D eigenvalue weighted by molar-refractivity contribution is 5.66. The summed E-state index contributed by atoms with van der Waals surface area (Å²) in [5, 5.41) is 3.31. The Morgan fingerprint density at radius 1 is 1.41 bits per heavy atom. The van der Waals surface area contributed by atoms with Crippen molar-refractivity contribution in [3.05, 3.63) is 24.2 Å². The number of piperidine rings is 1. The first-order valence-electron chi connectivity index (χ1n) is 5.94. The highest BCUT2D eigenvalue weighted by Gasteiger charge is 2.15. The second-order valence-corrected chi connectivity index (χ2v) is 4.19. The van der Waals surface area contributed by atoms with E-state index >= 15 is 0 Å². The van der Waals surface area contributed by atoms with Gasteiger partial charge in [-0.3, -0.25) is 0 Å². The monoisotopic (exact) mass is 233 g/mol. The summed E-state index contributed by atoms with van der Waals surface area (Å²) in [5.74, 6) is 0.609. The summed E-state index contributed by atoms with van der Waals surface area (Å²) in [6.07, 6.45) is 4.14. The molecule has 1 aliphatic rings. The summed E-state index contributed by atoms with van der Waals surface area (Å²) in [6.45, 7) is 2.49. The molecule has 0 unspecified atom stereocenters. The van der Waals surface area contributed by atoms with E-state index in [1.165, 1.54) is 0 Å². The van der Waals surface area contributed by atoms with Crippen LogP contribution in [-0.2, 0) is 11.3 Å². The maximum absolute atomic E-state index is 5.77. The number of fused-ring (bicyclic) bond motifs is 1. The van der Waals surface area contributed by atoms with E-state index in [0.717, 1.165) is 31.5 Å². The maximum Gasteiger partial charge on any atom is 0.223 e. The first-order chi connectivity index (χ1) is 8.42.